The monoisotopic (exact) mass is 524 g/mol. The summed E-state index contributed by atoms with van der Waals surface area (Å²) in [7, 11) is 1.56. The molecule has 0 spiro atoms. The van der Waals surface area contributed by atoms with Crippen LogP contribution in [-0.2, 0) is 4.74 Å². The lowest BCUT2D eigenvalue weighted by Gasteiger charge is -2.31. The number of rotatable bonds is 10. The number of nitrogens with zero attached hydrogens (tertiary/aromatic N) is 2. The topological polar surface area (TPSA) is 81.5 Å². The van der Waals surface area contributed by atoms with Crippen LogP contribution in [0.3, 0.4) is 0 Å². The molecule has 38 heavy (non-hydrogen) atoms. The number of unbranched alkanes of at least 4 members (excludes halogenated alkanes) is 2. The van der Waals surface area contributed by atoms with Gasteiger partial charge in [0.05, 0.1) is 43.9 Å². The van der Waals surface area contributed by atoms with Gasteiger partial charge in [-0.15, -0.1) is 0 Å². The van der Waals surface area contributed by atoms with E-state index in [-0.39, 0.29) is 28.2 Å². The normalized spacial score (nSPS) is 17.7. The van der Waals surface area contributed by atoms with Gasteiger partial charge in [-0.25, -0.2) is 4.39 Å². The average Bonchev–Trinajstić information content (AvgIpc) is 3.22. The minimum atomic E-state index is -0.703. The zero-order valence-corrected chi connectivity index (χ0v) is 21.8. The Morgan fingerprint density at radius 1 is 1.03 bits per heavy atom. The van der Waals surface area contributed by atoms with Crippen molar-refractivity contribution in [3.05, 3.63) is 69.3 Å². The Morgan fingerprint density at radius 3 is 2.61 bits per heavy atom. The highest BCUT2D eigenvalue weighted by Crippen LogP contribution is 2.41. The summed E-state index contributed by atoms with van der Waals surface area (Å²) in [5.41, 5.74) is 0.686. The van der Waals surface area contributed by atoms with Gasteiger partial charge in [-0.2, -0.15) is 0 Å². The van der Waals surface area contributed by atoms with Crippen molar-refractivity contribution in [2.75, 3.05) is 53.1 Å². The molecular weight excluding hydrogens is 491 g/mol. The van der Waals surface area contributed by atoms with Crippen molar-refractivity contribution in [2.24, 2.45) is 0 Å². The molecule has 0 radical (unpaired) electrons. The van der Waals surface area contributed by atoms with Crippen molar-refractivity contribution in [3.8, 4) is 11.5 Å². The van der Waals surface area contributed by atoms with E-state index in [4.69, 9.17) is 18.6 Å². The van der Waals surface area contributed by atoms with Gasteiger partial charge in [0.1, 0.15) is 11.4 Å². The minimum absolute atomic E-state index is 0.0000513. The van der Waals surface area contributed by atoms with Gasteiger partial charge in [0, 0.05) is 26.2 Å². The number of hydrogen-bond donors (Lipinski definition) is 0. The summed E-state index contributed by atoms with van der Waals surface area (Å²) < 4.78 is 37.0. The Bertz CT molecular complexity index is 1370. The number of benzene rings is 2. The van der Waals surface area contributed by atoms with Crippen molar-refractivity contribution >= 4 is 16.9 Å². The summed E-state index contributed by atoms with van der Waals surface area (Å²) in [6.45, 7) is 6.55. The second kappa shape index (κ2) is 11.5. The summed E-state index contributed by atoms with van der Waals surface area (Å²) in [6, 6.07) is 8.53. The third-order valence-corrected chi connectivity index (χ3v) is 7.20. The van der Waals surface area contributed by atoms with Gasteiger partial charge in [0.15, 0.2) is 16.9 Å². The second-order valence-corrected chi connectivity index (χ2v) is 9.64. The molecule has 0 N–H and O–H groups in total. The summed E-state index contributed by atoms with van der Waals surface area (Å²) in [5, 5.41) is 0.111. The Labute approximate surface area is 220 Å². The molecular formula is C29H33FN2O6. The lowest BCUT2D eigenvalue weighted by molar-refractivity contribution is 0.0314. The maximum atomic E-state index is 14.1. The molecule has 2 aliphatic heterocycles. The molecule has 0 saturated carbocycles. The van der Waals surface area contributed by atoms with Crippen molar-refractivity contribution in [3.63, 3.8) is 0 Å². The highest BCUT2D eigenvalue weighted by molar-refractivity contribution is 5.99. The van der Waals surface area contributed by atoms with E-state index < -0.39 is 17.3 Å². The average molecular weight is 525 g/mol. The predicted molar refractivity (Wildman–Crippen MR) is 141 cm³/mol. The van der Waals surface area contributed by atoms with Crippen LogP contribution in [0.4, 0.5) is 4.39 Å². The Kier molecular flexibility index (Phi) is 7.95. The molecule has 0 aliphatic carbocycles. The number of fused-ring (bicyclic) bond motifs is 2. The molecule has 1 saturated heterocycles. The zero-order valence-electron chi connectivity index (χ0n) is 21.8. The number of carbonyl (C=O) groups excluding carboxylic acids is 1. The fraction of sp³-hybridized carbons (Fsp3) is 0.448. The van der Waals surface area contributed by atoms with Gasteiger partial charge in [-0.1, -0.05) is 25.8 Å². The predicted octanol–water partition coefficient (Wildman–Crippen LogP) is 4.39. The summed E-state index contributed by atoms with van der Waals surface area (Å²) in [4.78, 5) is 31.2. The minimum Gasteiger partial charge on any atom is -0.493 e. The smallest absolute Gasteiger partial charge is 0.290 e. The summed E-state index contributed by atoms with van der Waals surface area (Å²) in [5.74, 6) is 0.218. The molecule has 202 valence electrons. The third kappa shape index (κ3) is 5.13. The van der Waals surface area contributed by atoms with Crippen molar-refractivity contribution < 1.29 is 27.8 Å². The van der Waals surface area contributed by atoms with E-state index in [1.165, 1.54) is 12.1 Å². The zero-order chi connectivity index (χ0) is 26.6. The number of halogens is 1. The van der Waals surface area contributed by atoms with E-state index in [1.807, 2.05) is 12.1 Å². The second-order valence-electron chi connectivity index (χ2n) is 9.64. The van der Waals surface area contributed by atoms with Gasteiger partial charge in [0.2, 0.25) is 5.76 Å². The van der Waals surface area contributed by atoms with E-state index in [9.17, 15) is 14.0 Å². The molecule has 2 aromatic carbocycles. The SMILES string of the molecule is CCCCCOc1ccc(C2c3c(oc4ccc(F)cc4c3=O)C(=O)N2CCN2CCOCC2)cc1OC. The van der Waals surface area contributed by atoms with Crippen molar-refractivity contribution in [2.45, 2.75) is 32.2 Å². The number of methoxy groups -OCH3 is 1. The van der Waals surface area contributed by atoms with Crippen LogP contribution >= 0.6 is 0 Å². The number of morpholine rings is 1. The third-order valence-electron chi connectivity index (χ3n) is 7.20. The summed E-state index contributed by atoms with van der Waals surface area (Å²) in [6.07, 6.45) is 3.10. The van der Waals surface area contributed by atoms with E-state index in [2.05, 4.69) is 11.8 Å². The molecule has 8 nitrogen and oxygen atoms in total. The maximum absolute atomic E-state index is 14.1. The molecule has 9 heteroatoms. The van der Waals surface area contributed by atoms with Crippen LogP contribution in [0.1, 0.15) is 53.9 Å². The van der Waals surface area contributed by atoms with Crippen molar-refractivity contribution in [1.29, 1.82) is 0 Å². The molecule has 0 bridgehead atoms. The lowest BCUT2D eigenvalue weighted by atomic mass is 9.98. The fourth-order valence-corrected chi connectivity index (χ4v) is 5.15. The van der Waals surface area contributed by atoms with Crippen LogP contribution in [0, 0.1) is 5.82 Å². The van der Waals surface area contributed by atoms with Crippen molar-refractivity contribution in [1.82, 2.24) is 9.80 Å². The number of hydrogen-bond acceptors (Lipinski definition) is 7. The largest absolute Gasteiger partial charge is 0.493 e. The quantitative estimate of drug-likeness (QED) is 0.364. The number of amides is 1. The van der Waals surface area contributed by atoms with Crippen LogP contribution in [-0.4, -0.2) is 68.8 Å². The van der Waals surface area contributed by atoms with Gasteiger partial charge in [-0.05, 0) is 42.3 Å². The standard InChI is InChI=1S/C29H33FN2O6/c1-3-4-5-14-37-23-8-6-19(17-24(23)35-2)26-25-27(33)21-18-20(30)7-9-22(21)38-28(25)29(34)32(26)11-10-31-12-15-36-16-13-31/h6-9,17-18,26H,3-5,10-16H2,1-2H3. The first-order valence-electron chi connectivity index (χ1n) is 13.2. The Balaban J connectivity index is 1.54. The Hall–Kier alpha value is -3.43. The highest BCUT2D eigenvalue weighted by atomic mass is 19.1. The fourth-order valence-electron chi connectivity index (χ4n) is 5.15. The molecule has 2 aliphatic rings. The Morgan fingerprint density at radius 2 is 1.84 bits per heavy atom. The van der Waals surface area contributed by atoms with Gasteiger partial charge < -0.3 is 23.5 Å². The molecule has 1 atom stereocenters. The number of carbonyl (C=O) groups is 1. The van der Waals surface area contributed by atoms with Gasteiger partial charge >= 0.3 is 0 Å². The van der Waals surface area contributed by atoms with Crippen LogP contribution in [0.15, 0.2) is 45.6 Å². The first kappa shape index (κ1) is 26.2. The van der Waals surface area contributed by atoms with Crippen LogP contribution in [0.5, 0.6) is 11.5 Å². The molecule has 3 aromatic rings. The summed E-state index contributed by atoms with van der Waals surface area (Å²) >= 11 is 0. The molecule has 1 aromatic heterocycles. The van der Waals surface area contributed by atoms with E-state index in [1.54, 1.807) is 18.1 Å². The lowest BCUT2D eigenvalue weighted by Crippen LogP contribution is -2.42. The molecule has 5 rings (SSSR count). The molecule has 1 amide bonds. The van der Waals surface area contributed by atoms with Crippen LogP contribution in [0.25, 0.3) is 11.0 Å². The first-order valence-corrected chi connectivity index (χ1v) is 13.2. The van der Waals surface area contributed by atoms with Gasteiger partial charge in [0.25, 0.3) is 5.91 Å². The molecule has 1 fully saturated rings. The van der Waals surface area contributed by atoms with E-state index in [0.29, 0.717) is 50.0 Å². The van der Waals surface area contributed by atoms with Crippen LogP contribution < -0.4 is 14.9 Å². The molecule has 3 heterocycles. The highest BCUT2D eigenvalue weighted by Gasteiger charge is 2.43. The van der Waals surface area contributed by atoms with Gasteiger partial charge in [-0.3, -0.25) is 14.5 Å². The number of ether oxygens (including phenoxy) is 3. The molecule has 1 unspecified atom stereocenters. The van der Waals surface area contributed by atoms with E-state index in [0.717, 1.165) is 38.4 Å². The van der Waals surface area contributed by atoms with Crippen LogP contribution in [0.2, 0.25) is 0 Å². The first-order chi connectivity index (χ1) is 18.5. The maximum Gasteiger partial charge on any atom is 0.290 e. The van der Waals surface area contributed by atoms with E-state index >= 15 is 0 Å².